The van der Waals surface area contributed by atoms with Gasteiger partial charge in [0.2, 0.25) is 5.91 Å². The SMILES string of the molecule is COc1cccc(C2CCCN2C(=O)CCCNC(=O)c2cccs2)c1. The van der Waals surface area contributed by atoms with Crippen LogP contribution in [0.5, 0.6) is 5.75 Å². The topological polar surface area (TPSA) is 58.6 Å². The average molecular weight is 372 g/mol. The third kappa shape index (κ3) is 4.43. The van der Waals surface area contributed by atoms with Gasteiger partial charge in [-0.15, -0.1) is 11.3 Å². The Balaban J connectivity index is 1.49. The van der Waals surface area contributed by atoms with Crippen LogP contribution in [0.1, 0.15) is 47.0 Å². The van der Waals surface area contributed by atoms with Gasteiger partial charge in [-0.2, -0.15) is 0 Å². The second-order valence-corrected chi connectivity index (χ2v) is 7.31. The van der Waals surface area contributed by atoms with Crippen LogP contribution >= 0.6 is 11.3 Å². The number of carbonyl (C=O) groups excluding carboxylic acids is 2. The molecule has 138 valence electrons. The van der Waals surface area contributed by atoms with E-state index in [1.807, 2.05) is 34.5 Å². The predicted octanol–water partition coefficient (Wildman–Crippen LogP) is 3.63. The molecule has 2 aromatic rings. The van der Waals surface area contributed by atoms with Crippen molar-refractivity contribution >= 4 is 23.2 Å². The predicted molar refractivity (Wildman–Crippen MR) is 103 cm³/mol. The molecule has 1 atom stereocenters. The highest BCUT2D eigenvalue weighted by molar-refractivity contribution is 7.12. The van der Waals surface area contributed by atoms with Gasteiger partial charge in [0.05, 0.1) is 18.0 Å². The summed E-state index contributed by atoms with van der Waals surface area (Å²) in [5.74, 6) is 0.904. The second-order valence-electron chi connectivity index (χ2n) is 6.36. The lowest BCUT2D eigenvalue weighted by molar-refractivity contribution is -0.132. The molecule has 6 heteroatoms. The Morgan fingerprint density at radius 2 is 2.19 bits per heavy atom. The van der Waals surface area contributed by atoms with Crippen molar-refractivity contribution in [1.29, 1.82) is 0 Å². The van der Waals surface area contributed by atoms with Gasteiger partial charge in [0.25, 0.3) is 5.91 Å². The van der Waals surface area contributed by atoms with Crippen molar-refractivity contribution in [1.82, 2.24) is 10.2 Å². The van der Waals surface area contributed by atoms with E-state index in [9.17, 15) is 9.59 Å². The van der Waals surface area contributed by atoms with Crippen molar-refractivity contribution in [3.63, 3.8) is 0 Å². The number of hydrogen-bond acceptors (Lipinski definition) is 4. The highest BCUT2D eigenvalue weighted by Gasteiger charge is 2.29. The molecule has 5 nitrogen and oxygen atoms in total. The fraction of sp³-hybridized carbons (Fsp3) is 0.400. The molecule has 1 aromatic heterocycles. The molecule has 2 amide bonds. The highest BCUT2D eigenvalue weighted by Crippen LogP contribution is 2.33. The zero-order valence-corrected chi connectivity index (χ0v) is 15.8. The minimum atomic E-state index is -0.0668. The van der Waals surface area contributed by atoms with Crippen molar-refractivity contribution in [3.8, 4) is 5.75 Å². The lowest BCUT2D eigenvalue weighted by Crippen LogP contribution is -2.31. The van der Waals surface area contributed by atoms with E-state index in [-0.39, 0.29) is 17.9 Å². The monoisotopic (exact) mass is 372 g/mol. The van der Waals surface area contributed by atoms with Crippen LogP contribution in [-0.2, 0) is 4.79 Å². The third-order valence-corrected chi connectivity index (χ3v) is 5.52. The number of rotatable bonds is 7. The second kappa shape index (κ2) is 8.85. The van der Waals surface area contributed by atoms with Gasteiger partial charge in [0.15, 0.2) is 0 Å². The fourth-order valence-corrected chi connectivity index (χ4v) is 3.98. The molecular weight excluding hydrogens is 348 g/mol. The molecule has 0 bridgehead atoms. The average Bonchev–Trinajstić information content (AvgIpc) is 3.36. The van der Waals surface area contributed by atoms with Gasteiger partial charge in [0.1, 0.15) is 5.75 Å². The van der Waals surface area contributed by atoms with E-state index in [0.717, 1.165) is 30.7 Å². The molecule has 26 heavy (non-hydrogen) atoms. The summed E-state index contributed by atoms with van der Waals surface area (Å²) in [6.07, 6.45) is 3.10. The summed E-state index contributed by atoms with van der Waals surface area (Å²) in [4.78, 5) is 27.2. The van der Waals surface area contributed by atoms with Gasteiger partial charge in [-0.05, 0) is 48.4 Å². The van der Waals surface area contributed by atoms with E-state index in [0.29, 0.717) is 24.3 Å². The molecule has 1 aliphatic rings. The van der Waals surface area contributed by atoms with Crippen LogP contribution in [0.4, 0.5) is 0 Å². The number of nitrogens with zero attached hydrogens (tertiary/aromatic N) is 1. The van der Waals surface area contributed by atoms with Crippen LogP contribution in [-0.4, -0.2) is 36.9 Å². The smallest absolute Gasteiger partial charge is 0.261 e. The Kier molecular flexibility index (Phi) is 6.28. The maximum Gasteiger partial charge on any atom is 0.261 e. The summed E-state index contributed by atoms with van der Waals surface area (Å²) < 4.78 is 5.30. The Labute approximate surface area is 158 Å². The molecule has 1 aromatic carbocycles. The Hall–Kier alpha value is -2.34. The Morgan fingerprint density at radius 3 is 2.96 bits per heavy atom. The highest BCUT2D eigenvalue weighted by atomic mass is 32.1. The zero-order chi connectivity index (χ0) is 18.4. The summed E-state index contributed by atoms with van der Waals surface area (Å²) >= 11 is 1.42. The minimum Gasteiger partial charge on any atom is -0.497 e. The van der Waals surface area contributed by atoms with Gasteiger partial charge in [0, 0.05) is 19.5 Å². The van der Waals surface area contributed by atoms with Crippen LogP contribution in [0.25, 0.3) is 0 Å². The van der Waals surface area contributed by atoms with Crippen molar-refractivity contribution < 1.29 is 14.3 Å². The van der Waals surface area contributed by atoms with Gasteiger partial charge in [-0.1, -0.05) is 18.2 Å². The first-order chi connectivity index (χ1) is 12.7. The van der Waals surface area contributed by atoms with Gasteiger partial charge < -0.3 is 15.0 Å². The number of ether oxygens (including phenoxy) is 1. The van der Waals surface area contributed by atoms with Crippen LogP contribution in [0.2, 0.25) is 0 Å². The summed E-state index contributed by atoms with van der Waals surface area (Å²) in [5, 5.41) is 4.75. The normalized spacial score (nSPS) is 16.5. The van der Waals surface area contributed by atoms with Crippen molar-refractivity contribution in [2.75, 3.05) is 20.2 Å². The third-order valence-electron chi connectivity index (χ3n) is 4.65. The summed E-state index contributed by atoms with van der Waals surface area (Å²) in [7, 11) is 1.65. The zero-order valence-electron chi connectivity index (χ0n) is 14.9. The lowest BCUT2D eigenvalue weighted by Gasteiger charge is -2.25. The van der Waals surface area contributed by atoms with E-state index in [1.165, 1.54) is 11.3 Å². The van der Waals surface area contributed by atoms with E-state index < -0.39 is 0 Å². The Morgan fingerprint density at radius 1 is 1.31 bits per heavy atom. The number of likely N-dealkylation sites (tertiary alicyclic amines) is 1. The standard InChI is InChI=1S/C20H24N2O3S/c1-25-16-7-2-6-15(14-16)17-8-4-12-22(17)19(23)10-3-11-21-20(24)18-9-5-13-26-18/h2,5-7,9,13-14,17H,3-4,8,10-12H2,1H3,(H,21,24). The van der Waals surface area contributed by atoms with Crippen molar-refractivity contribution in [2.24, 2.45) is 0 Å². The number of carbonyl (C=O) groups is 2. The van der Waals surface area contributed by atoms with Gasteiger partial charge >= 0.3 is 0 Å². The molecule has 0 saturated carbocycles. The molecule has 1 unspecified atom stereocenters. The first-order valence-electron chi connectivity index (χ1n) is 8.94. The van der Waals surface area contributed by atoms with Crippen LogP contribution in [0, 0.1) is 0 Å². The van der Waals surface area contributed by atoms with E-state index in [2.05, 4.69) is 11.4 Å². The number of hydrogen-bond donors (Lipinski definition) is 1. The molecule has 1 aliphatic heterocycles. The van der Waals surface area contributed by atoms with Gasteiger partial charge in [-0.3, -0.25) is 9.59 Å². The number of thiophene rings is 1. The quantitative estimate of drug-likeness (QED) is 0.755. The molecule has 3 rings (SSSR count). The lowest BCUT2D eigenvalue weighted by atomic mass is 10.0. The van der Waals surface area contributed by atoms with Gasteiger partial charge in [-0.25, -0.2) is 0 Å². The summed E-state index contributed by atoms with van der Waals surface area (Å²) in [6.45, 7) is 1.31. The molecular formula is C20H24N2O3S. The van der Waals surface area contributed by atoms with Crippen molar-refractivity contribution in [3.05, 3.63) is 52.2 Å². The number of methoxy groups -OCH3 is 1. The maximum atomic E-state index is 12.6. The summed E-state index contributed by atoms with van der Waals surface area (Å²) in [5.41, 5.74) is 1.13. The number of benzene rings is 1. The molecule has 2 heterocycles. The van der Waals surface area contributed by atoms with E-state index in [4.69, 9.17) is 4.74 Å². The molecule has 1 N–H and O–H groups in total. The molecule has 0 spiro atoms. The number of nitrogens with one attached hydrogen (secondary N) is 1. The van der Waals surface area contributed by atoms with Crippen LogP contribution in [0.15, 0.2) is 41.8 Å². The molecule has 0 radical (unpaired) electrons. The van der Waals surface area contributed by atoms with Crippen LogP contribution < -0.4 is 10.1 Å². The number of amides is 2. The fourth-order valence-electron chi connectivity index (χ4n) is 3.34. The van der Waals surface area contributed by atoms with Crippen LogP contribution in [0.3, 0.4) is 0 Å². The minimum absolute atomic E-state index is 0.0668. The summed E-state index contributed by atoms with van der Waals surface area (Å²) in [6, 6.07) is 11.7. The first kappa shape index (κ1) is 18.5. The first-order valence-corrected chi connectivity index (χ1v) is 9.82. The van der Waals surface area contributed by atoms with E-state index in [1.54, 1.807) is 13.2 Å². The molecule has 1 saturated heterocycles. The molecule has 0 aliphatic carbocycles. The maximum absolute atomic E-state index is 12.6. The molecule has 1 fully saturated rings. The largest absolute Gasteiger partial charge is 0.497 e. The Bertz CT molecular complexity index is 745. The van der Waals surface area contributed by atoms with Crippen molar-refractivity contribution in [2.45, 2.75) is 31.7 Å². The van der Waals surface area contributed by atoms with E-state index >= 15 is 0 Å².